The minimum absolute atomic E-state index is 0.0114. The molecular formula is C21H22N2O5. The van der Waals surface area contributed by atoms with Gasteiger partial charge in [0.2, 0.25) is 5.91 Å². The summed E-state index contributed by atoms with van der Waals surface area (Å²) in [6.45, 7) is 0.631. The van der Waals surface area contributed by atoms with Crippen LogP contribution in [0.2, 0.25) is 0 Å². The summed E-state index contributed by atoms with van der Waals surface area (Å²) in [6.07, 6.45) is 1.19. The smallest absolute Gasteiger partial charge is 0.341 e. The summed E-state index contributed by atoms with van der Waals surface area (Å²) < 4.78 is 5.12. The summed E-state index contributed by atoms with van der Waals surface area (Å²) >= 11 is 0. The van der Waals surface area contributed by atoms with Crippen LogP contribution in [-0.2, 0) is 9.59 Å². The number of likely N-dealkylation sites (tertiary alicyclic amines) is 1. The van der Waals surface area contributed by atoms with Crippen molar-refractivity contribution >= 4 is 23.5 Å². The van der Waals surface area contributed by atoms with Gasteiger partial charge in [-0.2, -0.15) is 0 Å². The highest BCUT2D eigenvalue weighted by Gasteiger charge is 2.27. The zero-order chi connectivity index (χ0) is 19.9. The molecule has 7 nitrogen and oxygen atoms in total. The number of nitrogens with one attached hydrogen (secondary N) is 1. The minimum Gasteiger partial charge on any atom is -0.482 e. The molecule has 1 fully saturated rings. The lowest BCUT2D eigenvalue weighted by Crippen LogP contribution is -2.41. The van der Waals surface area contributed by atoms with Crippen LogP contribution in [0, 0.1) is 5.92 Å². The average molecular weight is 382 g/mol. The molecule has 146 valence electrons. The van der Waals surface area contributed by atoms with Gasteiger partial charge in [0, 0.05) is 36.3 Å². The van der Waals surface area contributed by atoms with E-state index in [2.05, 4.69) is 5.32 Å². The van der Waals surface area contributed by atoms with E-state index in [-0.39, 0.29) is 17.7 Å². The summed E-state index contributed by atoms with van der Waals surface area (Å²) in [6, 6.07) is 15.8. The summed E-state index contributed by atoms with van der Waals surface area (Å²) in [7, 11) is 0. The van der Waals surface area contributed by atoms with E-state index in [1.54, 1.807) is 41.3 Å². The van der Waals surface area contributed by atoms with Gasteiger partial charge in [-0.3, -0.25) is 9.59 Å². The van der Waals surface area contributed by atoms with Crippen molar-refractivity contribution in [2.45, 2.75) is 12.8 Å². The Morgan fingerprint density at radius 3 is 2.43 bits per heavy atom. The number of rotatable bonds is 6. The van der Waals surface area contributed by atoms with Crippen LogP contribution < -0.4 is 10.1 Å². The number of hydrogen-bond acceptors (Lipinski definition) is 4. The molecule has 1 aliphatic rings. The fourth-order valence-corrected chi connectivity index (χ4v) is 3.16. The number of nitrogens with zero attached hydrogens (tertiary/aromatic N) is 1. The van der Waals surface area contributed by atoms with Crippen molar-refractivity contribution in [1.29, 1.82) is 0 Å². The molecule has 2 amide bonds. The molecule has 0 unspecified atom stereocenters. The summed E-state index contributed by atoms with van der Waals surface area (Å²) in [4.78, 5) is 37.4. The first-order chi connectivity index (χ1) is 13.5. The number of ether oxygens (including phenoxy) is 1. The van der Waals surface area contributed by atoms with Crippen LogP contribution in [0.1, 0.15) is 23.2 Å². The Kier molecular flexibility index (Phi) is 6.26. The normalized spacial score (nSPS) is 14.4. The largest absolute Gasteiger partial charge is 0.482 e. The number of carbonyl (C=O) groups excluding carboxylic acids is 2. The SMILES string of the molecule is O=C(O)COc1cccc(NC(=O)C2CCN(C(=O)c3ccccc3)CC2)c1. The summed E-state index contributed by atoms with van der Waals surface area (Å²) in [5, 5.41) is 11.5. The molecule has 2 aromatic carbocycles. The Morgan fingerprint density at radius 1 is 1.04 bits per heavy atom. The number of amides is 2. The van der Waals surface area contributed by atoms with E-state index in [0.717, 1.165) is 0 Å². The molecule has 0 saturated carbocycles. The number of carboxylic acid groups (broad SMARTS) is 1. The van der Waals surface area contributed by atoms with Gasteiger partial charge in [-0.1, -0.05) is 24.3 Å². The lowest BCUT2D eigenvalue weighted by atomic mass is 9.95. The van der Waals surface area contributed by atoms with Gasteiger partial charge in [-0.25, -0.2) is 4.79 Å². The second-order valence-electron chi connectivity index (χ2n) is 6.63. The standard InChI is InChI=1S/C21H22N2O5/c24-19(25)14-28-18-8-4-7-17(13-18)22-20(26)15-9-11-23(12-10-15)21(27)16-5-2-1-3-6-16/h1-8,13,15H,9-12,14H2,(H,22,26)(H,24,25). The van der Waals surface area contributed by atoms with Crippen molar-refractivity contribution in [2.24, 2.45) is 5.92 Å². The van der Waals surface area contributed by atoms with E-state index in [4.69, 9.17) is 9.84 Å². The topological polar surface area (TPSA) is 95.9 Å². The maximum Gasteiger partial charge on any atom is 0.341 e. The number of aliphatic carboxylic acids is 1. The fraction of sp³-hybridized carbons (Fsp3) is 0.286. The van der Waals surface area contributed by atoms with Gasteiger partial charge in [0.1, 0.15) is 5.75 Å². The van der Waals surface area contributed by atoms with Crippen LogP contribution >= 0.6 is 0 Å². The van der Waals surface area contributed by atoms with Crippen molar-refractivity contribution in [3.05, 3.63) is 60.2 Å². The molecule has 2 N–H and O–H groups in total. The Morgan fingerprint density at radius 2 is 1.75 bits per heavy atom. The molecule has 1 heterocycles. The molecule has 3 rings (SSSR count). The number of benzene rings is 2. The zero-order valence-electron chi connectivity index (χ0n) is 15.3. The van der Waals surface area contributed by atoms with E-state index in [0.29, 0.717) is 42.9 Å². The number of anilines is 1. The van der Waals surface area contributed by atoms with Gasteiger partial charge in [-0.05, 0) is 37.1 Å². The molecular weight excluding hydrogens is 360 g/mol. The number of carboxylic acids is 1. The summed E-state index contributed by atoms with van der Waals surface area (Å²) in [5.74, 6) is -0.983. The third-order valence-electron chi connectivity index (χ3n) is 4.64. The van der Waals surface area contributed by atoms with E-state index in [1.807, 2.05) is 18.2 Å². The predicted octanol–water partition coefficient (Wildman–Crippen LogP) is 2.64. The molecule has 7 heteroatoms. The van der Waals surface area contributed by atoms with Crippen LogP contribution in [0.3, 0.4) is 0 Å². The predicted molar refractivity (Wildman–Crippen MR) is 103 cm³/mol. The molecule has 0 atom stereocenters. The quantitative estimate of drug-likeness (QED) is 0.801. The van der Waals surface area contributed by atoms with Crippen molar-refractivity contribution in [1.82, 2.24) is 4.90 Å². The molecule has 0 aliphatic carbocycles. The van der Waals surface area contributed by atoms with Gasteiger partial charge in [0.15, 0.2) is 6.61 Å². The van der Waals surface area contributed by atoms with E-state index < -0.39 is 12.6 Å². The average Bonchev–Trinajstić information content (AvgIpc) is 2.73. The first-order valence-corrected chi connectivity index (χ1v) is 9.13. The maximum atomic E-state index is 12.5. The Labute approximate surface area is 162 Å². The highest BCUT2D eigenvalue weighted by molar-refractivity contribution is 5.95. The molecule has 1 saturated heterocycles. The van der Waals surface area contributed by atoms with E-state index in [1.165, 1.54) is 0 Å². The highest BCUT2D eigenvalue weighted by atomic mass is 16.5. The highest BCUT2D eigenvalue weighted by Crippen LogP contribution is 2.23. The van der Waals surface area contributed by atoms with Crippen molar-refractivity contribution in [3.8, 4) is 5.75 Å². The Hall–Kier alpha value is -3.35. The maximum absolute atomic E-state index is 12.5. The second kappa shape index (κ2) is 9.03. The first kappa shape index (κ1) is 19.4. The van der Waals surface area contributed by atoms with Crippen LogP contribution in [0.25, 0.3) is 0 Å². The molecule has 0 spiro atoms. The van der Waals surface area contributed by atoms with Crippen LogP contribution in [-0.4, -0.2) is 47.5 Å². The van der Waals surface area contributed by atoms with Crippen molar-refractivity contribution in [3.63, 3.8) is 0 Å². The molecule has 0 aromatic heterocycles. The number of hydrogen-bond donors (Lipinski definition) is 2. The van der Waals surface area contributed by atoms with Gasteiger partial charge in [0.25, 0.3) is 5.91 Å². The Bertz CT molecular complexity index is 845. The third kappa shape index (κ3) is 5.09. The lowest BCUT2D eigenvalue weighted by Gasteiger charge is -2.31. The van der Waals surface area contributed by atoms with Crippen LogP contribution in [0.4, 0.5) is 5.69 Å². The van der Waals surface area contributed by atoms with E-state index >= 15 is 0 Å². The second-order valence-corrected chi connectivity index (χ2v) is 6.63. The molecule has 0 bridgehead atoms. The van der Waals surface area contributed by atoms with Gasteiger partial charge >= 0.3 is 5.97 Å². The van der Waals surface area contributed by atoms with Gasteiger partial charge < -0.3 is 20.1 Å². The molecule has 2 aromatic rings. The first-order valence-electron chi connectivity index (χ1n) is 9.13. The Balaban J connectivity index is 1.52. The fourth-order valence-electron chi connectivity index (χ4n) is 3.16. The van der Waals surface area contributed by atoms with Crippen LogP contribution in [0.5, 0.6) is 5.75 Å². The molecule has 1 aliphatic heterocycles. The minimum atomic E-state index is -1.06. The summed E-state index contributed by atoms with van der Waals surface area (Å²) in [5.41, 5.74) is 1.21. The molecule has 28 heavy (non-hydrogen) atoms. The van der Waals surface area contributed by atoms with Crippen LogP contribution in [0.15, 0.2) is 54.6 Å². The van der Waals surface area contributed by atoms with Crippen molar-refractivity contribution < 1.29 is 24.2 Å². The van der Waals surface area contributed by atoms with Crippen molar-refractivity contribution in [2.75, 3.05) is 25.0 Å². The van der Waals surface area contributed by atoms with Gasteiger partial charge in [0.05, 0.1) is 0 Å². The number of carbonyl (C=O) groups is 3. The monoisotopic (exact) mass is 382 g/mol. The number of piperidine rings is 1. The zero-order valence-corrected chi connectivity index (χ0v) is 15.3. The van der Waals surface area contributed by atoms with Gasteiger partial charge in [-0.15, -0.1) is 0 Å². The lowest BCUT2D eigenvalue weighted by molar-refractivity contribution is -0.139. The molecule has 0 radical (unpaired) electrons. The third-order valence-corrected chi connectivity index (χ3v) is 4.64. The van der Waals surface area contributed by atoms with E-state index in [9.17, 15) is 14.4 Å².